The van der Waals surface area contributed by atoms with Crippen molar-refractivity contribution >= 4 is 17.2 Å². The summed E-state index contributed by atoms with van der Waals surface area (Å²) in [6, 6.07) is 0.297. The summed E-state index contributed by atoms with van der Waals surface area (Å²) >= 11 is 5.17. The van der Waals surface area contributed by atoms with Gasteiger partial charge in [0.15, 0.2) is 0 Å². The van der Waals surface area contributed by atoms with Crippen LogP contribution in [0.3, 0.4) is 0 Å². The van der Waals surface area contributed by atoms with Crippen LogP contribution in [0.5, 0.6) is 0 Å². The second-order valence-electron chi connectivity index (χ2n) is 5.95. The molecule has 2 unspecified atom stereocenters. The van der Waals surface area contributed by atoms with Crippen LogP contribution in [0.25, 0.3) is 0 Å². The van der Waals surface area contributed by atoms with Crippen molar-refractivity contribution in [3.8, 4) is 0 Å². The number of ether oxygens (including phenoxy) is 1. The zero-order valence-electron chi connectivity index (χ0n) is 10.9. The van der Waals surface area contributed by atoms with Crippen molar-refractivity contribution in [3.05, 3.63) is 0 Å². The molecule has 2 saturated heterocycles. The Labute approximate surface area is 110 Å². The van der Waals surface area contributed by atoms with E-state index in [4.69, 9.17) is 22.7 Å². The van der Waals surface area contributed by atoms with E-state index in [9.17, 15) is 0 Å². The Morgan fingerprint density at radius 3 is 2.76 bits per heavy atom. The summed E-state index contributed by atoms with van der Waals surface area (Å²) in [4.78, 5) is 3.08. The van der Waals surface area contributed by atoms with Crippen molar-refractivity contribution < 1.29 is 4.74 Å². The number of nitrogens with zero attached hydrogens (tertiary/aromatic N) is 1. The van der Waals surface area contributed by atoms with Crippen molar-refractivity contribution in [2.24, 2.45) is 5.73 Å². The molecule has 0 aromatic rings. The molecule has 2 aliphatic heterocycles. The van der Waals surface area contributed by atoms with Gasteiger partial charge >= 0.3 is 0 Å². The molecule has 0 saturated carbocycles. The molecule has 0 aromatic carbocycles. The molecular formula is C13H24N2OS. The van der Waals surface area contributed by atoms with Crippen LogP contribution in [0.4, 0.5) is 0 Å². The molecule has 0 amide bonds. The van der Waals surface area contributed by atoms with Gasteiger partial charge in [0, 0.05) is 6.54 Å². The lowest BCUT2D eigenvalue weighted by molar-refractivity contribution is -0.0331. The summed E-state index contributed by atoms with van der Waals surface area (Å²) in [7, 11) is 0. The predicted molar refractivity (Wildman–Crippen MR) is 74.2 cm³/mol. The van der Waals surface area contributed by atoms with Gasteiger partial charge < -0.3 is 10.5 Å². The van der Waals surface area contributed by atoms with E-state index in [1.54, 1.807) is 0 Å². The first-order valence-electron chi connectivity index (χ1n) is 6.69. The maximum atomic E-state index is 6.05. The van der Waals surface area contributed by atoms with Crippen LogP contribution in [-0.4, -0.2) is 40.7 Å². The van der Waals surface area contributed by atoms with E-state index in [-0.39, 0.29) is 5.60 Å². The van der Waals surface area contributed by atoms with Gasteiger partial charge in [-0.2, -0.15) is 0 Å². The van der Waals surface area contributed by atoms with Crippen LogP contribution in [0, 0.1) is 0 Å². The van der Waals surface area contributed by atoms with Gasteiger partial charge in [0.25, 0.3) is 0 Å². The van der Waals surface area contributed by atoms with Crippen molar-refractivity contribution in [2.45, 2.75) is 63.7 Å². The Balaban J connectivity index is 1.90. The van der Waals surface area contributed by atoms with Gasteiger partial charge in [-0.05, 0) is 46.1 Å². The van der Waals surface area contributed by atoms with E-state index < -0.39 is 0 Å². The number of rotatable bonds is 3. The van der Waals surface area contributed by atoms with Gasteiger partial charge in [0.2, 0.25) is 0 Å². The highest BCUT2D eigenvalue weighted by Crippen LogP contribution is 2.30. The van der Waals surface area contributed by atoms with Gasteiger partial charge in [-0.1, -0.05) is 18.6 Å². The summed E-state index contributed by atoms with van der Waals surface area (Å²) in [5.74, 6) is 0. The first-order valence-corrected chi connectivity index (χ1v) is 7.10. The third-order valence-corrected chi connectivity index (χ3v) is 4.21. The van der Waals surface area contributed by atoms with Gasteiger partial charge in [0.1, 0.15) is 0 Å². The van der Waals surface area contributed by atoms with E-state index in [1.807, 2.05) is 0 Å². The fraction of sp³-hybridized carbons (Fsp3) is 0.923. The monoisotopic (exact) mass is 256 g/mol. The molecule has 2 atom stereocenters. The topological polar surface area (TPSA) is 38.5 Å². The molecule has 98 valence electrons. The van der Waals surface area contributed by atoms with E-state index >= 15 is 0 Å². The second-order valence-corrected chi connectivity index (χ2v) is 6.42. The van der Waals surface area contributed by atoms with Gasteiger partial charge in [0.05, 0.1) is 22.7 Å². The van der Waals surface area contributed by atoms with Crippen molar-refractivity contribution in [1.82, 2.24) is 4.90 Å². The molecule has 2 aliphatic rings. The van der Waals surface area contributed by atoms with Crippen LogP contribution >= 0.6 is 12.2 Å². The number of hydrogen-bond acceptors (Lipinski definition) is 3. The molecule has 0 aliphatic carbocycles. The summed E-state index contributed by atoms with van der Waals surface area (Å²) in [5, 5.41) is 0. The van der Waals surface area contributed by atoms with Crippen molar-refractivity contribution in [3.63, 3.8) is 0 Å². The molecule has 0 spiro atoms. The fourth-order valence-corrected chi connectivity index (χ4v) is 3.27. The average molecular weight is 256 g/mol. The number of nitrogens with two attached hydrogens (primary N) is 1. The molecule has 0 radical (unpaired) electrons. The lowest BCUT2D eigenvalue weighted by atomic mass is 10.0. The molecule has 2 rings (SSSR count). The highest BCUT2D eigenvalue weighted by atomic mass is 32.1. The summed E-state index contributed by atoms with van der Waals surface area (Å²) in [6.07, 6.45) is 6.30. The minimum atomic E-state index is 0.0547. The van der Waals surface area contributed by atoms with Crippen molar-refractivity contribution in [1.29, 1.82) is 0 Å². The lowest BCUT2D eigenvalue weighted by Crippen LogP contribution is -2.49. The largest absolute Gasteiger partial charge is 0.392 e. The summed E-state index contributed by atoms with van der Waals surface area (Å²) < 4.78 is 6.05. The second kappa shape index (κ2) is 5.21. The quantitative estimate of drug-likeness (QED) is 0.785. The Hall–Kier alpha value is -0.190. The van der Waals surface area contributed by atoms with Crippen LogP contribution in [0.2, 0.25) is 0 Å². The average Bonchev–Trinajstić information content (AvgIpc) is 2.58. The minimum Gasteiger partial charge on any atom is -0.392 e. The highest BCUT2D eigenvalue weighted by molar-refractivity contribution is 7.80. The van der Waals surface area contributed by atoms with Crippen LogP contribution in [0.15, 0.2) is 0 Å². The van der Waals surface area contributed by atoms with Crippen LogP contribution in [0.1, 0.15) is 46.0 Å². The van der Waals surface area contributed by atoms with E-state index in [0.29, 0.717) is 17.1 Å². The molecule has 0 aromatic heterocycles. The molecule has 3 nitrogen and oxygen atoms in total. The Morgan fingerprint density at radius 2 is 2.18 bits per heavy atom. The van der Waals surface area contributed by atoms with Crippen LogP contribution < -0.4 is 5.73 Å². The third kappa shape index (κ3) is 3.39. The van der Waals surface area contributed by atoms with E-state index in [2.05, 4.69) is 18.7 Å². The number of thiocarbonyl (C=S) groups is 1. The normalized spacial score (nSPS) is 33.8. The molecule has 4 heteroatoms. The maximum absolute atomic E-state index is 6.05. The lowest BCUT2D eigenvalue weighted by Gasteiger charge is -2.36. The van der Waals surface area contributed by atoms with Gasteiger partial charge in [-0.15, -0.1) is 0 Å². The summed E-state index contributed by atoms with van der Waals surface area (Å²) in [5.41, 5.74) is 5.89. The van der Waals surface area contributed by atoms with E-state index in [1.165, 1.54) is 12.8 Å². The highest BCUT2D eigenvalue weighted by Gasteiger charge is 2.34. The molecule has 2 heterocycles. The molecule has 0 bridgehead atoms. The Morgan fingerprint density at radius 1 is 1.41 bits per heavy atom. The Kier molecular flexibility index (Phi) is 4.06. The van der Waals surface area contributed by atoms with Crippen LogP contribution in [-0.2, 0) is 4.74 Å². The minimum absolute atomic E-state index is 0.0547. The molecule has 2 N–H and O–H groups in total. The first kappa shape index (κ1) is 13.2. The Bertz CT molecular complexity index is 293. The molecule has 17 heavy (non-hydrogen) atoms. The summed E-state index contributed by atoms with van der Waals surface area (Å²) in [6.45, 7) is 6.45. The zero-order chi connectivity index (χ0) is 12.5. The number of piperidine rings is 1. The predicted octanol–water partition coefficient (Wildman–Crippen LogP) is 2.08. The fourth-order valence-electron chi connectivity index (χ4n) is 3.00. The number of likely N-dealkylation sites (tertiary alicyclic amines) is 1. The maximum Gasteiger partial charge on any atom is 0.0902 e. The standard InChI is InChI=1S/C13H24N2OS/c1-13(2)7-6-10(16-13)9-15-8-4-3-5-11(15)12(14)17/h10-11H,3-9H2,1-2H3,(H2,14,17). The third-order valence-electron chi connectivity index (χ3n) is 3.93. The van der Waals surface area contributed by atoms with Gasteiger partial charge in [-0.3, -0.25) is 4.90 Å². The van der Waals surface area contributed by atoms with Crippen molar-refractivity contribution in [2.75, 3.05) is 13.1 Å². The zero-order valence-corrected chi connectivity index (χ0v) is 11.8. The SMILES string of the molecule is CC1(C)CCC(CN2CCCCC2C(N)=S)O1. The van der Waals surface area contributed by atoms with Gasteiger partial charge in [-0.25, -0.2) is 0 Å². The number of hydrogen-bond donors (Lipinski definition) is 1. The molecule has 2 fully saturated rings. The smallest absolute Gasteiger partial charge is 0.0902 e. The molecular weight excluding hydrogens is 232 g/mol. The first-order chi connectivity index (χ1) is 7.98. The van der Waals surface area contributed by atoms with E-state index in [0.717, 1.165) is 32.4 Å².